The lowest BCUT2D eigenvalue weighted by atomic mass is 10.1. The molecule has 1 aromatic heterocycles. The minimum Gasteiger partial charge on any atom is -0.387 e. The minimum atomic E-state index is -0.584. The van der Waals surface area contributed by atoms with Gasteiger partial charge in [-0.1, -0.05) is 29.8 Å². The monoisotopic (exact) mass is 377 g/mol. The highest BCUT2D eigenvalue weighted by atomic mass is 35.5. The van der Waals surface area contributed by atoms with Gasteiger partial charge in [-0.25, -0.2) is 0 Å². The van der Waals surface area contributed by atoms with Gasteiger partial charge in [0.1, 0.15) is 0 Å². The van der Waals surface area contributed by atoms with Gasteiger partial charge in [0.15, 0.2) is 0 Å². The molecule has 2 unspecified atom stereocenters. The third-order valence-corrected chi connectivity index (χ3v) is 5.35. The van der Waals surface area contributed by atoms with E-state index in [2.05, 4.69) is 0 Å². The Morgan fingerprint density at radius 1 is 1.44 bits per heavy atom. The Morgan fingerprint density at radius 3 is 3.08 bits per heavy atom. The first kappa shape index (κ1) is 18.1. The van der Waals surface area contributed by atoms with Gasteiger partial charge in [0.05, 0.1) is 25.4 Å². The van der Waals surface area contributed by atoms with Crippen LogP contribution in [-0.2, 0) is 9.53 Å². The molecule has 0 spiro atoms. The highest BCUT2D eigenvalue weighted by Gasteiger charge is 2.28. The van der Waals surface area contributed by atoms with E-state index in [1.54, 1.807) is 23.1 Å². The van der Waals surface area contributed by atoms with Crippen molar-refractivity contribution in [2.24, 2.45) is 0 Å². The van der Waals surface area contributed by atoms with Crippen molar-refractivity contribution in [1.29, 1.82) is 0 Å². The molecule has 1 aliphatic heterocycles. The van der Waals surface area contributed by atoms with Crippen LogP contribution in [0.15, 0.2) is 47.9 Å². The Hall–Kier alpha value is -1.66. The molecule has 1 saturated heterocycles. The maximum Gasteiger partial charge on any atom is 0.246 e. The second kappa shape index (κ2) is 8.63. The van der Waals surface area contributed by atoms with Crippen LogP contribution in [0.2, 0.25) is 5.02 Å². The zero-order valence-corrected chi connectivity index (χ0v) is 15.2. The van der Waals surface area contributed by atoms with Gasteiger partial charge in [0.2, 0.25) is 5.91 Å². The van der Waals surface area contributed by atoms with Crippen molar-refractivity contribution in [3.05, 3.63) is 63.3 Å². The Morgan fingerprint density at radius 2 is 2.32 bits per heavy atom. The van der Waals surface area contributed by atoms with E-state index in [1.165, 1.54) is 11.3 Å². The molecule has 0 radical (unpaired) electrons. The molecule has 1 amide bonds. The van der Waals surface area contributed by atoms with Crippen molar-refractivity contribution in [3.63, 3.8) is 0 Å². The number of hydrogen-bond donors (Lipinski definition) is 1. The molecule has 132 valence electrons. The van der Waals surface area contributed by atoms with Crippen LogP contribution in [0.3, 0.4) is 0 Å². The summed E-state index contributed by atoms with van der Waals surface area (Å²) in [6.45, 7) is 1.49. The summed E-state index contributed by atoms with van der Waals surface area (Å²) in [6.07, 6.45) is 3.20. The van der Waals surface area contributed by atoms with E-state index in [0.717, 1.165) is 10.4 Å². The normalized spacial score (nSPS) is 19.3. The summed E-state index contributed by atoms with van der Waals surface area (Å²) >= 11 is 7.48. The SMILES string of the molecule is O=C(/C=C/c1cccc(Cl)c1)N1CCOCC1CC(O)c1cccs1. The molecular formula is C19H20ClNO3S. The van der Waals surface area contributed by atoms with Gasteiger partial charge in [-0.2, -0.15) is 0 Å². The van der Waals surface area contributed by atoms with E-state index < -0.39 is 6.10 Å². The number of halogens is 1. The fourth-order valence-electron chi connectivity index (χ4n) is 2.87. The first-order valence-corrected chi connectivity index (χ1v) is 9.42. The fourth-order valence-corrected chi connectivity index (χ4v) is 3.79. The molecule has 3 rings (SSSR count). The first-order chi connectivity index (χ1) is 12.1. The van der Waals surface area contributed by atoms with Gasteiger partial charge in [-0.3, -0.25) is 4.79 Å². The topological polar surface area (TPSA) is 49.8 Å². The van der Waals surface area contributed by atoms with Gasteiger partial charge < -0.3 is 14.7 Å². The quantitative estimate of drug-likeness (QED) is 0.807. The maximum atomic E-state index is 12.6. The average molecular weight is 378 g/mol. The molecule has 25 heavy (non-hydrogen) atoms. The molecule has 0 saturated carbocycles. The number of aliphatic hydroxyl groups excluding tert-OH is 1. The lowest BCUT2D eigenvalue weighted by Gasteiger charge is -2.36. The molecule has 0 bridgehead atoms. The third-order valence-electron chi connectivity index (χ3n) is 4.14. The summed E-state index contributed by atoms with van der Waals surface area (Å²) in [5.41, 5.74) is 0.879. The number of carbonyl (C=O) groups is 1. The molecule has 2 atom stereocenters. The zero-order chi connectivity index (χ0) is 17.6. The van der Waals surface area contributed by atoms with E-state index in [4.69, 9.17) is 16.3 Å². The van der Waals surface area contributed by atoms with E-state index in [0.29, 0.717) is 31.2 Å². The summed E-state index contributed by atoms with van der Waals surface area (Å²) in [6, 6.07) is 11.0. The number of morpholine rings is 1. The highest BCUT2D eigenvalue weighted by Crippen LogP contribution is 2.26. The van der Waals surface area contributed by atoms with Gasteiger partial charge in [-0.05, 0) is 35.2 Å². The molecule has 1 fully saturated rings. The summed E-state index contributed by atoms with van der Waals surface area (Å²) in [7, 11) is 0. The molecule has 1 N–H and O–H groups in total. The van der Waals surface area contributed by atoms with Crippen LogP contribution in [0.25, 0.3) is 6.08 Å². The van der Waals surface area contributed by atoms with Crippen LogP contribution in [0.5, 0.6) is 0 Å². The smallest absolute Gasteiger partial charge is 0.246 e. The Labute approximate surface area is 156 Å². The number of rotatable bonds is 5. The van der Waals surface area contributed by atoms with Gasteiger partial charge in [-0.15, -0.1) is 11.3 Å². The van der Waals surface area contributed by atoms with Crippen LogP contribution in [-0.4, -0.2) is 41.7 Å². The lowest BCUT2D eigenvalue weighted by Crippen LogP contribution is -2.48. The third kappa shape index (κ3) is 4.92. The van der Waals surface area contributed by atoms with Crippen molar-refractivity contribution >= 4 is 34.9 Å². The van der Waals surface area contributed by atoms with Crippen molar-refractivity contribution in [2.45, 2.75) is 18.6 Å². The molecule has 4 nitrogen and oxygen atoms in total. The number of ether oxygens (including phenoxy) is 1. The lowest BCUT2D eigenvalue weighted by molar-refractivity contribution is -0.135. The average Bonchev–Trinajstić information content (AvgIpc) is 3.15. The number of hydrogen-bond acceptors (Lipinski definition) is 4. The van der Waals surface area contributed by atoms with Crippen molar-refractivity contribution in [2.75, 3.05) is 19.8 Å². The van der Waals surface area contributed by atoms with Crippen molar-refractivity contribution < 1.29 is 14.6 Å². The number of amides is 1. The largest absolute Gasteiger partial charge is 0.387 e. The van der Waals surface area contributed by atoms with Crippen LogP contribution < -0.4 is 0 Å². The van der Waals surface area contributed by atoms with Crippen molar-refractivity contribution in [1.82, 2.24) is 4.90 Å². The molecule has 1 aromatic carbocycles. The number of benzene rings is 1. The summed E-state index contributed by atoms with van der Waals surface area (Å²) in [5, 5.41) is 13.0. The summed E-state index contributed by atoms with van der Waals surface area (Å²) in [5.74, 6) is -0.0772. The van der Waals surface area contributed by atoms with Gasteiger partial charge >= 0.3 is 0 Å². The van der Waals surface area contributed by atoms with Crippen LogP contribution in [0, 0.1) is 0 Å². The molecule has 1 aliphatic rings. The van der Waals surface area contributed by atoms with E-state index in [-0.39, 0.29) is 11.9 Å². The molecule has 0 aliphatic carbocycles. The molecule has 2 aromatic rings. The Kier molecular flexibility index (Phi) is 6.26. The van der Waals surface area contributed by atoms with Crippen LogP contribution in [0.4, 0.5) is 0 Å². The second-order valence-corrected chi connectivity index (χ2v) is 7.33. The number of aliphatic hydroxyl groups is 1. The van der Waals surface area contributed by atoms with Gasteiger partial charge in [0.25, 0.3) is 0 Å². The van der Waals surface area contributed by atoms with E-state index in [9.17, 15) is 9.90 Å². The number of nitrogens with zero attached hydrogens (tertiary/aromatic N) is 1. The van der Waals surface area contributed by atoms with Gasteiger partial charge in [0, 0.05) is 28.9 Å². The number of thiophene rings is 1. The predicted octanol–water partition coefficient (Wildman–Crippen LogP) is 3.77. The van der Waals surface area contributed by atoms with Crippen LogP contribution >= 0.6 is 22.9 Å². The van der Waals surface area contributed by atoms with E-state index >= 15 is 0 Å². The minimum absolute atomic E-state index is 0.0772. The van der Waals surface area contributed by atoms with Crippen LogP contribution in [0.1, 0.15) is 23.0 Å². The Balaban J connectivity index is 1.66. The standard InChI is InChI=1S/C19H20ClNO3S/c20-15-4-1-3-14(11-15)6-7-19(23)21-8-9-24-13-16(21)12-17(22)18-5-2-10-25-18/h1-7,10-11,16-17,22H,8-9,12-13H2/b7-6+. The molecule has 2 heterocycles. The first-order valence-electron chi connectivity index (χ1n) is 8.17. The van der Waals surface area contributed by atoms with E-state index in [1.807, 2.05) is 35.7 Å². The number of carbonyl (C=O) groups excluding carboxylic acids is 1. The summed E-state index contributed by atoms with van der Waals surface area (Å²) < 4.78 is 5.52. The predicted molar refractivity (Wildman–Crippen MR) is 101 cm³/mol. The zero-order valence-electron chi connectivity index (χ0n) is 13.7. The van der Waals surface area contributed by atoms with Crippen molar-refractivity contribution in [3.8, 4) is 0 Å². The maximum absolute atomic E-state index is 12.6. The highest BCUT2D eigenvalue weighted by molar-refractivity contribution is 7.10. The molecular weight excluding hydrogens is 358 g/mol. The Bertz CT molecular complexity index is 732. The second-order valence-electron chi connectivity index (χ2n) is 5.92. The molecule has 6 heteroatoms. The summed E-state index contributed by atoms with van der Waals surface area (Å²) in [4.78, 5) is 15.3. The fraction of sp³-hybridized carbons (Fsp3) is 0.316.